The van der Waals surface area contributed by atoms with Gasteiger partial charge in [0.15, 0.2) is 4.73 Å². The average Bonchev–Trinajstić information content (AvgIpc) is 3.13. The second kappa shape index (κ2) is 3.90. The van der Waals surface area contributed by atoms with Gasteiger partial charge in [-0.2, -0.15) is 0 Å². The molecule has 4 nitrogen and oxygen atoms in total. The number of hydrogen-bond acceptors (Lipinski definition) is 4. The van der Waals surface area contributed by atoms with Crippen LogP contribution in [-0.4, -0.2) is 19.9 Å². The Labute approximate surface area is 101 Å². The molecule has 0 aromatic carbocycles. The van der Waals surface area contributed by atoms with Crippen molar-refractivity contribution >= 4 is 15.9 Å². The molecule has 80 valence electrons. The minimum Gasteiger partial charge on any atom is -0.244 e. The number of nitrogens with zero attached hydrogens (tertiary/aromatic N) is 4. The zero-order valence-electron chi connectivity index (χ0n) is 8.47. The monoisotopic (exact) mass is 276 g/mol. The summed E-state index contributed by atoms with van der Waals surface area (Å²) >= 11 is 3.34. The van der Waals surface area contributed by atoms with Gasteiger partial charge in [0.05, 0.1) is 5.69 Å². The molecule has 1 fully saturated rings. The minimum absolute atomic E-state index is 0.614. The molecule has 2 aromatic rings. The fourth-order valence-electron chi connectivity index (χ4n) is 1.60. The van der Waals surface area contributed by atoms with Crippen LogP contribution in [0.1, 0.15) is 24.5 Å². The highest BCUT2D eigenvalue weighted by Gasteiger charge is 2.26. The van der Waals surface area contributed by atoms with Crippen molar-refractivity contribution in [3.05, 3.63) is 35.2 Å². The molecule has 0 spiro atoms. The molecule has 0 N–H and O–H groups in total. The Morgan fingerprint density at radius 3 is 2.56 bits per heavy atom. The van der Waals surface area contributed by atoms with E-state index in [1.807, 2.05) is 6.07 Å². The van der Waals surface area contributed by atoms with Crippen molar-refractivity contribution in [1.29, 1.82) is 0 Å². The maximum atomic E-state index is 4.39. The minimum atomic E-state index is 0.614. The van der Waals surface area contributed by atoms with Crippen LogP contribution >= 0.6 is 15.9 Å². The van der Waals surface area contributed by atoms with Crippen LogP contribution in [0.25, 0.3) is 11.3 Å². The Balaban J connectivity index is 2.06. The quantitative estimate of drug-likeness (QED) is 0.792. The van der Waals surface area contributed by atoms with Gasteiger partial charge in [0, 0.05) is 29.6 Å². The molecule has 0 amide bonds. The molecule has 1 aliphatic carbocycles. The molecule has 3 rings (SSSR count). The standard InChI is InChI=1S/C11H9BrN4/c12-11-15-9(7-1-2-7)3-10(16-11)8-4-13-6-14-5-8/h3-7H,1-2H2. The number of aromatic nitrogens is 4. The summed E-state index contributed by atoms with van der Waals surface area (Å²) in [7, 11) is 0. The van der Waals surface area contributed by atoms with Gasteiger partial charge in [0.2, 0.25) is 0 Å². The van der Waals surface area contributed by atoms with Crippen LogP contribution in [0.3, 0.4) is 0 Å². The van der Waals surface area contributed by atoms with Crippen LogP contribution < -0.4 is 0 Å². The molecule has 5 heteroatoms. The van der Waals surface area contributed by atoms with E-state index in [2.05, 4.69) is 35.9 Å². The van der Waals surface area contributed by atoms with Gasteiger partial charge < -0.3 is 0 Å². The summed E-state index contributed by atoms with van der Waals surface area (Å²) in [6, 6.07) is 2.03. The van der Waals surface area contributed by atoms with Crippen molar-refractivity contribution in [2.75, 3.05) is 0 Å². The Hall–Kier alpha value is -1.36. The van der Waals surface area contributed by atoms with E-state index in [9.17, 15) is 0 Å². The van der Waals surface area contributed by atoms with Crippen LogP contribution in [-0.2, 0) is 0 Å². The average molecular weight is 277 g/mol. The first-order valence-electron chi connectivity index (χ1n) is 5.13. The molecular weight excluding hydrogens is 268 g/mol. The Morgan fingerprint density at radius 1 is 1.12 bits per heavy atom. The molecule has 0 saturated heterocycles. The van der Waals surface area contributed by atoms with Gasteiger partial charge in [-0.05, 0) is 34.8 Å². The van der Waals surface area contributed by atoms with E-state index in [-0.39, 0.29) is 0 Å². The highest BCUT2D eigenvalue weighted by Crippen LogP contribution is 2.40. The smallest absolute Gasteiger partial charge is 0.197 e. The van der Waals surface area contributed by atoms with Gasteiger partial charge in [-0.15, -0.1) is 0 Å². The molecule has 1 saturated carbocycles. The Bertz CT molecular complexity index is 511. The van der Waals surface area contributed by atoms with Crippen LogP contribution in [0, 0.1) is 0 Å². The molecule has 1 aliphatic rings. The number of rotatable bonds is 2. The van der Waals surface area contributed by atoms with Crippen molar-refractivity contribution in [2.24, 2.45) is 0 Å². The third kappa shape index (κ3) is 1.95. The highest BCUT2D eigenvalue weighted by atomic mass is 79.9. The van der Waals surface area contributed by atoms with E-state index in [1.54, 1.807) is 12.4 Å². The van der Waals surface area contributed by atoms with Gasteiger partial charge >= 0.3 is 0 Å². The lowest BCUT2D eigenvalue weighted by atomic mass is 10.2. The van der Waals surface area contributed by atoms with E-state index in [0.717, 1.165) is 17.0 Å². The summed E-state index contributed by atoms with van der Waals surface area (Å²) in [5.74, 6) is 0.614. The van der Waals surface area contributed by atoms with Crippen LogP contribution in [0.4, 0.5) is 0 Å². The van der Waals surface area contributed by atoms with E-state index in [0.29, 0.717) is 10.7 Å². The van der Waals surface area contributed by atoms with Crippen molar-refractivity contribution in [1.82, 2.24) is 19.9 Å². The fraction of sp³-hybridized carbons (Fsp3) is 0.273. The lowest BCUT2D eigenvalue weighted by Crippen LogP contribution is -1.94. The number of halogens is 1. The predicted octanol–water partition coefficient (Wildman–Crippen LogP) is 2.57. The first-order chi connectivity index (χ1) is 7.83. The maximum Gasteiger partial charge on any atom is 0.197 e. The van der Waals surface area contributed by atoms with E-state index in [4.69, 9.17) is 0 Å². The second-order valence-corrected chi connectivity index (χ2v) is 4.56. The van der Waals surface area contributed by atoms with E-state index in [1.165, 1.54) is 19.2 Å². The topological polar surface area (TPSA) is 51.6 Å². The zero-order valence-corrected chi connectivity index (χ0v) is 10.1. The molecule has 0 bridgehead atoms. The molecule has 16 heavy (non-hydrogen) atoms. The first kappa shape index (κ1) is 9.84. The Morgan fingerprint density at radius 2 is 1.88 bits per heavy atom. The summed E-state index contributed by atoms with van der Waals surface area (Å²) in [6.07, 6.45) is 7.50. The SMILES string of the molecule is Brc1nc(-c2cncnc2)cc(C2CC2)n1. The summed E-state index contributed by atoms with van der Waals surface area (Å²) < 4.78 is 0.635. The normalized spacial score (nSPS) is 15.1. The largest absolute Gasteiger partial charge is 0.244 e. The fourth-order valence-corrected chi connectivity index (χ4v) is 2.00. The lowest BCUT2D eigenvalue weighted by Gasteiger charge is -2.03. The van der Waals surface area contributed by atoms with Crippen molar-refractivity contribution < 1.29 is 0 Å². The number of hydrogen-bond donors (Lipinski definition) is 0. The Kier molecular flexibility index (Phi) is 2.40. The third-order valence-corrected chi connectivity index (χ3v) is 2.93. The first-order valence-corrected chi connectivity index (χ1v) is 5.92. The third-order valence-electron chi connectivity index (χ3n) is 2.57. The summed E-state index contributed by atoms with van der Waals surface area (Å²) in [5.41, 5.74) is 2.91. The molecule has 0 atom stereocenters. The van der Waals surface area contributed by atoms with Crippen molar-refractivity contribution in [3.63, 3.8) is 0 Å². The maximum absolute atomic E-state index is 4.39. The van der Waals surface area contributed by atoms with Gasteiger partial charge in [-0.1, -0.05) is 0 Å². The predicted molar refractivity (Wildman–Crippen MR) is 62.7 cm³/mol. The van der Waals surface area contributed by atoms with Gasteiger partial charge in [-0.25, -0.2) is 19.9 Å². The molecule has 2 heterocycles. The highest BCUT2D eigenvalue weighted by molar-refractivity contribution is 9.10. The zero-order chi connectivity index (χ0) is 11.0. The van der Waals surface area contributed by atoms with E-state index < -0.39 is 0 Å². The molecule has 0 aliphatic heterocycles. The summed E-state index contributed by atoms with van der Waals surface area (Å²) in [5, 5.41) is 0. The molecule has 0 radical (unpaired) electrons. The molecule has 0 unspecified atom stereocenters. The van der Waals surface area contributed by atoms with Gasteiger partial charge in [0.1, 0.15) is 6.33 Å². The van der Waals surface area contributed by atoms with Crippen LogP contribution in [0.15, 0.2) is 29.5 Å². The van der Waals surface area contributed by atoms with Gasteiger partial charge in [0.25, 0.3) is 0 Å². The van der Waals surface area contributed by atoms with Crippen molar-refractivity contribution in [2.45, 2.75) is 18.8 Å². The molecular formula is C11H9BrN4. The second-order valence-electron chi connectivity index (χ2n) is 3.85. The van der Waals surface area contributed by atoms with Crippen LogP contribution in [0.2, 0.25) is 0 Å². The van der Waals surface area contributed by atoms with Crippen LogP contribution in [0.5, 0.6) is 0 Å². The van der Waals surface area contributed by atoms with Crippen molar-refractivity contribution in [3.8, 4) is 11.3 Å². The molecule has 2 aromatic heterocycles. The summed E-state index contributed by atoms with van der Waals surface area (Å²) in [4.78, 5) is 16.7. The summed E-state index contributed by atoms with van der Waals surface area (Å²) in [6.45, 7) is 0. The van der Waals surface area contributed by atoms with Gasteiger partial charge in [-0.3, -0.25) is 0 Å². The van der Waals surface area contributed by atoms with E-state index >= 15 is 0 Å². The lowest BCUT2D eigenvalue weighted by molar-refractivity contribution is 0.965.